The van der Waals surface area contributed by atoms with E-state index in [-0.39, 0.29) is 5.96 Å². The first-order valence-electron chi connectivity index (χ1n) is 6.60. The molecule has 0 atom stereocenters. The molecule has 1 heterocycles. The summed E-state index contributed by atoms with van der Waals surface area (Å²) in [6.07, 6.45) is 0. The molecule has 0 aliphatic heterocycles. The van der Waals surface area contributed by atoms with Crippen LogP contribution in [0, 0.1) is 6.92 Å². The van der Waals surface area contributed by atoms with Gasteiger partial charge in [-0.1, -0.05) is 35.0 Å². The molecule has 1 amide bonds. The molecule has 0 radical (unpaired) electrons. The molecule has 0 bridgehead atoms. The maximum atomic E-state index is 12.2. The Morgan fingerprint density at radius 3 is 2.64 bits per heavy atom. The highest BCUT2D eigenvalue weighted by Gasteiger charge is 2.14. The van der Waals surface area contributed by atoms with Crippen molar-refractivity contribution in [3.63, 3.8) is 0 Å². The monoisotopic (exact) mass is 295 g/mol. The van der Waals surface area contributed by atoms with Crippen LogP contribution in [-0.2, 0) is 0 Å². The zero-order valence-electron chi connectivity index (χ0n) is 11.8. The number of amides is 1. The molecule has 0 unspecified atom stereocenters. The maximum Gasteiger partial charge on any atom is 0.269 e. The Hall–Kier alpha value is -3.22. The Labute approximate surface area is 125 Å². The van der Waals surface area contributed by atoms with Gasteiger partial charge in [0.05, 0.1) is 5.52 Å². The Kier molecular flexibility index (Phi) is 3.53. The fraction of sp³-hybridized carbons (Fsp3) is 0.0667. The van der Waals surface area contributed by atoms with Crippen LogP contribution in [0.4, 0.5) is 0 Å². The van der Waals surface area contributed by atoms with Gasteiger partial charge in [-0.15, -0.1) is 5.10 Å². The van der Waals surface area contributed by atoms with Crippen LogP contribution in [0.5, 0.6) is 0 Å². The van der Waals surface area contributed by atoms with Crippen molar-refractivity contribution >= 4 is 22.9 Å². The summed E-state index contributed by atoms with van der Waals surface area (Å²) >= 11 is 0. The largest absolute Gasteiger partial charge is 0.408 e. The highest BCUT2D eigenvalue weighted by molar-refractivity contribution is 6.07. The van der Waals surface area contributed by atoms with Crippen molar-refractivity contribution in [3.05, 3.63) is 59.7 Å². The van der Waals surface area contributed by atoms with E-state index < -0.39 is 5.91 Å². The molecule has 3 rings (SSSR count). The van der Waals surface area contributed by atoms with E-state index >= 15 is 0 Å². The number of aromatic nitrogens is 3. The highest BCUT2D eigenvalue weighted by atomic mass is 16.4. The molecule has 3 aromatic rings. The first kappa shape index (κ1) is 13.7. The molecule has 22 heavy (non-hydrogen) atoms. The van der Waals surface area contributed by atoms with Crippen molar-refractivity contribution in [2.75, 3.05) is 0 Å². The van der Waals surface area contributed by atoms with Crippen molar-refractivity contribution in [2.45, 2.75) is 6.92 Å². The summed E-state index contributed by atoms with van der Waals surface area (Å²) in [5.41, 5.74) is 2.76. The van der Waals surface area contributed by atoms with Gasteiger partial charge in [0.1, 0.15) is 5.52 Å². The number of benzene rings is 2. The van der Waals surface area contributed by atoms with E-state index in [2.05, 4.69) is 20.8 Å². The molecule has 0 saturated heterocycles. The number of carbonyl (C=O) groups excluding carboxylic acids is 1. The van der Waals surface area contributed by atoms with E-state index in [4.69, 9.17) is 0 Å². The standard InChI is InChI=1S/C15H13N5O2/c1-10-6-8-11(9-7-10)14(21)16-15(18-22)20-13-5-3-2-4-12(13)17-19-20/h2-9,22H,1H3,(H,16,18,21). The summed E-state index contributed by atoms with van der Waals surface area (Å²) in [6, 6.07) is 14.2. The highest BCUT2D eigenvalue weighted by Crippen LogP contribution is 2.09. The number of oxime groups is 1. The normalized spacial score (nSPS) is 11.6. The van der Waals surface area contributed by atoms with Crippen LogP contribution < -0.4 is 5.32 Å². The van der Waals surface area contributed by atoms with Crippen molar-refractivity contribution < 1.29 is 10.0 Å². The van der Waals surface area contributed by atoms with Crippen LogP contribution in [0.1, 0.15) is 15.9 Å². The molecule has 0 saturated carbocycles. The van der Waals surface area contributed by atoms with Crippen molar-refractivity contribution in [1.82, 2.24) is 20.3 Å². The van der Waals surface area contributed by atoms with Gasteiger partial charge in [0.25, 0.3) is 11.9 Å². The molecule has 7 heteroatoms. The smallest absolute Gasteiger partial charge is 0.269 e. The number of fused-ring (bicyclic) bond motifs is 1. The molecule has 0 aliphatic rings. The molecular formula is C15H13N5O2. The summed E-state index contributed by atoms with van der Waals surface area (Å²) in [7, 11) is 0. The molecule has 110 valence electrons. The van der Waals surface area contributed by atoms with Crippen molar-refractivity contribution in [2.24, 2.45) is 5.16 Å². The van der Waals surface area contributed by atoms with Gasteiger partial charge in [-0.2, -0.15) is 4.68 Å². The quantitative estimate of drug-likeness (QED) is 0.310. The Morgan fingerprint density at radius 2 is 1.91 bits per heavy atom. The lowest BCUT2D eigenvalue weighted by atomic mass is 10.1. The topological polar surface area (TPSA) is 92.4 Å². The van der Waals surface area contributed by atoms with Crippen LogP contribution in [0.25, 0.3) is 11.0 Å². The van der Waals surface area contributed by atoms with Gasteiger partial charge in [-0.3, -0.25) is 10.1 Å². The second kappa shape index (κ2) is 5.65. The van der Waals surface area contributed by atoms with Gasteiger partial charge >= 0.3 is 0 Å². The van der Waals surface area contributed by atoms with Gasteiger partial charge in [-0.25, -0.2) is 0 Å². The molecule has 0 aliphatic carbocycles. The van der Waals surface area contributed by atoms with E-state index in [1.807, 2.05) is 25.1 Å². The number of hydrogen-bond donors (Lipinski definition) is 2. The first-order valence-corrected chi connectivity index (χ1v) is 6.60. The van der Waals surface area contributed by atoms with E-state index in [9.17, 15) is 10.0 Å². The zero-order chi connectivity index (χ0) is 15.5. The lowest BCUT2D eigenvalue weighted by Gasteiger charge is -2.07. The lowest BCUT2D eigenvalue weighted by molar-refractivity contribution is 0.0974. The SMILES string of the molecule is Cc1ccc(C(=O)N/C(=N\O)n2nnc3ccccc32)cc1. The van der Waals surface area contributed by atoms with Crippen LogP contribution in [-0.4, -0.2) is 32.1 Å². The van der Waals surface area contributed by atoms with Gasteiger partial charge in [-0.05, 0) is 36.3 Å². The minimum absolute atomic E-state index is 0.112. The summed E-state index contributed by atoms with van der Waals surface area (Å²) in [5.74, 6) is -0.508. The average molecular weight is 295 g/mol. The van der Waals surface area contributed by atoms with Crippen LogP contribution in [0.3, 0.4) is 0 Å². The number of nitrogens with one attached hydrogen (secondary N) is 1. The van der Waals surface area contributed by atoms with E-state index in [0.29, 0.717) is 16.6 Å². The van der Waals surface area contributed by atoms with Crippen LogP contribution in [0.15, 0.2) is 53.7 Å². The minimum Gasteiger partial charge on any atom is -0.408 e. The van der Waals surface area contributed by atoms with Gasteiger partial charge < -0.3 is 5.21 Å². The fourth-order valence-corrected chi connectivity index (χ4v) is 2.02. The third-order valence-electron chi connectivity index (χ3n) is 3.19. The fourth-order valence-electron chi connectivity index (χ4n) is 2.02. The molecule has 2 aromatic carbocycles. The van der Waals surface area contributed by atoms with Crippen molar-refractivity contribution in [1.29, 1.82) is 0 Å². The second-order valence-electron chi connectivity index (χ2n) is 4.73. The van der Waals surface area contributed by atoms with E-state index in [1.54, 1.807) is 30.3 Å². The lowest BCUT2D eigenvalue weighted by Crippen LogP contribution is -2.36. The maximum absolute atomic E-state index is 12.2. The van der Waals surface area contributed by atoms with E-state index in [0.717, 1.165) is 5.56 Å². The third kappa shape index (κ3) is 2.51. The number of para-hydroxylation sites is 1. The van der Waals surface area contributed by atoms with Crippen molar-refractivity contribution in [3.8, 4) is 0 Å². The molecule has 2 N–H and O–H groups in total. The first-order chi connectivity index (χ1) is 10.7. The summed E-state index contributed by atoms with van der Waals surface area (Å²) in [5, 5.41) is 22.6. The Balaban J connectivity index is 1.89. The van der Waals surface area contributed by atoms with Crippen LogP contribution >= 0.6 is 0 Å². The number of hydrogen-bond acceptors (Lipinski definition) is 5. The van der Waals surface area contributed by atoms with Gasteiger partial charge in [0.2, 0.25) is 0 Å². The molecule has 0 spiro atoms. The number of aryl methyl sites for hydroxylation is 1. The number of rotatable bonds is 1. The second-order valence-corrected chi connectivity index (χ2v) is 4.73. The van der Waals surface area contributed by atoms with E-state index in [1.165, 1.54) is 4.68 Å². The molecular weight excluding hydrogens is 282 g/mol. The molecule has 1 aromatic heterocycles. The zero-order valence-corrected chi connectivity index (χ0v) is 11.8. The summed E-state index contributed by atoms with van der Waals surface area (Å²) < 4.78 is 1.27. The predicted octanol–water partition coefficient (Wildman–Crippen LogP) is 1.76. The third-order valence-corrected chi connectivity index (χ3v) is 3.19. The summed E-state index contributed by atoms with van der Waals surface area (Å²) in [4.78, 5) is 12.2. The predicted molar refractivity (Wildman–Crippen MR) is 80.8 cm³/mol. The number of nitrogens with zero attached hydrogens (tertiary/aromatic N) is 4. The molecule has 7 nitrogen and oxygen atoms in total. The number of carbonyl (C=O) groups is 1. The summed E-state index contributed by atoms with van der Waals surface area (Å²) in [6.45, 7) is 1.93. The van der Waals surface area contributed by atoms with Gasteiger partial charge in [0.15, 0.2) is 0 Å². The van der Waals surface area contributed by atoms with Gasteiger partial charge in [0, 0.05) is 5.56 Å². The Bertz CT molecular complexity index is 852. The average Bonchev–Trinajstić information content (AvgIpc) is 2.97. The molecule has 0 fully saturated rings. The Morgan fingerprint density at radius 1 is 1.18 bits per heavy atom. The minimum atomic E-state index is -0.396. The van der Waals surface area contributed by atoms with Crippen LogP contribution in [0.2, 0.25) is 0 Å².